The zero-order chi connectivity index (χ0) is 13.9. The van der Waals surface area contributed by atoms with Gasteiger partial charge in [-0.05, 0) is 30.9 Å². The Hall–Kier alpha value is -1.77. The van der Waals surface area contributed by atoms with Crippen molar-refractivity contribution in [2.75, 3.05) is 13.1 Å². The smallest absolute Gasteiger partial charge is 0.270 e. The van der Waals surface area contributed by atoms with E-state index in [1.165, 1.54) is 12.8 Å². The Kier molecular flexibility index (Phi) is 3.77. The predicted molar refractivity (Wildman–Crippen MR) is 81.8 cm³/mol. The van der Waals surface area contributed by atoms with Gasteiger partial charge >= 0.3 is 0 Å². The number of carbonyl (C=O) groups is 1. The summed E-state index contributed by atoms with van der Waals surface area (Å²) in [7, 11) is 0. The number of nitrogens with zero attached hydrogens (tertiary/aromatic N) is 1. The number of amides is 1. The normalized spacial score (nSPS) is 16.8. The summed E-state index contributed by atoms with van der Waals surface area (Å²) in [5.41, 5.74) is 1.76. The Labute approximate surface area is 120 Å². The number of fused-ring (bicyclic) bond motifs is 1. The van der Waals surface area contributed by atoms with Gasteiger partial charge in [-0.1, -0.05) is 38.0 Å². The number of hydrogen-bond acceptors (Lipinski definition) is 1. The monoisotopic (exact) mass is 270 g/mol. The van der Waals surface area contributed by atoms with Gasteiger partial charge in [-0.15, -0.1) is 0 Å². The maximum atomic E-state index is 12.5. The third-order valence-corrected chi connectivity index (χ3v) is 4.36. The molecule has 0 saturated carbocycles. The molecule has 106 valence electrons. The van der Waals surface area contributed by atoms with E-state index in [1.54, 1.807) is 0 Å². The first-order valence-electron chi connectivity index (χ1n) is 7.65. The molecule has 2 heterocycles. The number of rotatable bonds is 3. The van der Waals surface area contributed by atoms with E-state index in [4.69, 9.17) is 0 Å². The molecule has 3 rings (SSSR count). The fourth-order valence-electron chi connectivity index (χ4n) is 3.19. The maximum absolute atomic E-state index is 12.5. The molecule has 1 aromatic heterocycles. The highest BCUT2D eigenvalue weighted by atomic mass is 16.2. The van der Waals surface area contributed by atoms with Crippen LogP contribution in [0.3, 0.4) is 0 Å². The van der Waals surface area contributed by atoms with Gasteiger partial charge in [0.2, 0.25) is 0 Å². The highest BCUT2D eigenvalue weighted by Gasteiger charge is 2.23. The van der Waals surface area contributed by atoms with Gasteiger partial charge in [0.25, 0.3) is 5.91 Å². The van der Waals surface area contributed by atoms with Crippen LogP contribution in [0.4, 0.5) is 0 Å². The minimum atomic E-state index is 0.149. The van der Waals surface area contributed by atoms with Crippen LogP contribution in [0.2, 0.25) is 0 Å². The lowest BCUT2D eigenvalue weighted by molar-refractivity contribution is 0.0681. The topological polar surface area (TPSA) is 36.1 Å². The van der Waals surface area contributed by atoms with Gasteiger partial charge in [-0.2, -0.15) is 0 Å². The first-order chi connectivity index (χ1) is 9.78. The molecule has 1 aromatic carbocycles. The average molecular weight is 270 g/mol. The molecule has 0 spiro atoms. The van der Waals surface area contributed by atoms with Gasteiger partial charge in [-0.3, -0.25) is 4.79 Å². The zero-order valence-electron chi connectivity index (χ0n) is 12.1. The molecule has 2 aromatic rings. The molecule has 1 amide bonds. The van der Waals surface area contributed by atoms with Crippen LogP contribution in [-0.2, 0) is 0 Å². The number of likely N-dealkylation sites (tertiary alicyclic amines) is 1. The second-order valence-corrected chi connectivity index (χ2v) is 5.79. The Bertz CT molecular complexity index is 561. The molecule has 20 heavy (non-hydrogen) atoms. The number of aromatic nitrogens is 1. The Balaban J connectivity index is 1.70. The van der Waals surface area contributed by atoms with Gasteiger partial charge in [0.05, 0.1) is 0 Å². The van der Waals surface area contributed by atoms with Gasteiger partial charge < -0.3 is 9.88 Å². The van der Waals surface area contributed by atoms with Gasteiger partial charge in [-0.25, -0.2) is 0 Å². The van der Waals surface area contributed by atoms with E-state index < -0.39 is 0 Å². The molecule has 1 N–H and O–H groups in total. The van der Waals surface area contributed by atoms with Crippen molar-refractivity contribution in [3.63, 3.8) is 0 Å². The Morgan fingerprint density at radius 2 is 2.05 bits per heavy atom. The Morgan fingerprint density at radius 1 is 1.30 bits per heavy atom. The number of piperidine rings is 1. The number of nitrogens with one attached hydrogen (secondary N) is 1. The number of hydrogen-bond donors (Lipinski definition) is 1. The van der Waals surface area contributed by atoms with Gasteiger partial charge in [0.1, 0.15) is 5.69 Å². The Morgan fingerprint density at radius 3 is 2.75 bits per heavy atom. The molecule has 0 aliphatic carbocycles. The third-order valence-electron chi connectivity index (χ3n) is 4.36. The molecule has 1 saturated heterocycles. The fraction of sp³-hybridized carbons (Fsp3) is 0.471. The summed E-state index contributed by atoms with van der Waals surface area (Å²) < 4.78 is 0. The zero-order valence-corrected chi connectivity index (χ0v) is 12.1. The standard InChI is InChI=1S/C17H22N2O/c1-2-5-13-8-10-19(11-9-13)17(20)16-12-14-6-3-4-7-15(14)18-16/h3-4,6-7,12-13,18H,2,5,8-11H2,1H3. The SMILES string of the molecule is CCCC1CCN(C(=O)c2cc3ccccc3[nH]2)CC1. The van der Waals surface area contributed by atoms with E-state index in [0.29, 0.717) is 0 Å². The molecule has 1 aliphatic heterocycles. The van der Waals surface area contributed by atoms with Crippen LogP contribution in [0.1, 0.15) is 43.1 Å². The molecule has 0 atom stereocenters. The number of H-pyrrole nitrogens is 1. The molecular weight excluding hydrogens is 248 g/mol. The first-order valence-corrected chi connectivity index (χ1v) is 7.65. The fourth-order valence-corrected chi connectivity index (χ4v) is 3.19. The van der Waals surface area contributed by atoms with Crippen LogP contribution in [-0.4, -0.2) is 28.9 Å². The van der Waals surface area contributed by atoms with E-state index >= 15 is 0 Å². The van der Waals surface area contributed by atoms with Crippen molar-refractivity contribution in [2.24, 2.45) is 5.92 Å². The summed E-state index contributed by atoms with van der Waals surface area (Å²) >= 11 is 0. The molecule has 0 radical (unpaired) electrons. The maximum Gasteiger partial charge on any atom is 0.270 e. The van der Waals surface area contributed by atoms with Crippen molar-refractivity contribution >= 4 is 16.8 Å². The van der Waals surface area contributed by atoms with Crippen LogP contribution in [0.5, 0.6) is 0 Å². The van der Waals surface area contributed by atoms with Gasteiger partial charge in [0.15, 0.2) is 0 Å². The number of benzene rings is 1. The quantitative estimate of drug-likeness (QED) is 0.904. The van der Waals surface area contributed by atoms with Crippen LogP contribution in [0.15, 0.2) is 30.3 Å². The number of para-hydroxylation sites is 1. The summed E-state index contributed by atoms with van der Waals surface area (Å²) in [5, 5.41) is 1.11. The van der Waals surface area contributed by atoms with Crippen molar-refractivity contribution in [2.45, 2.75) is 32.6 Å². The minimum absolute atomic E-state index is 0.149. The van der Waals surface area contributed by atoms with Crippen LogP contribution in [0, 0.1) is 5.92 Å². The van der Waals surface area contributed by atoms with Gasteiger partial charge in [0, 0.05) is 24.0 Å². The van der Waals surface area contributed by atoms with E-state index in [1.807, 2.05) is 35.2 Å². The minimum Gasteiger partial charge on any atom is -0.351 e. The predicted octanol–water partition coefficient (Wildman–Crippen LogP) is 3.82. The summed E-state index contributed by atoms with van der Waals surface area (Å²) in [4.78, 5) is 17.8. The molecule has 3 heteroatoms. The lowest BCUT2D eigenvalue weighted by Crippen LogP contribution is -2.38. The molecule has 3 nitrogen and oxygen atoms in total. The number of aromatic amines is 1. The van der Waals surface area contributed by atoms with Crippen molar-refractivity contribution in [3.05, 3.63) is 36.0 Å². The molecule has 0 bridgehead atoms. The van der Waals surface area contributed by atoms with Crippen LogP contribution >= 0.6 is 0 Å². The lowest BCUT2D eigenvalue weighted by Gasteiger charge is -2.31. The van der Waals surface area contributed by atoms with E-state index in [-0.39, 0.29) is 5.91 Å². The summed E-state index contributed by atoms with van der Waals surface area (Å²) in [6.45, 7) is 4.04. The van der Waals surface area contributed by atoms with Crippen molar-refractivity contribution in [1.29, 1.82) is 0 Å². The van der Waals surface area contributed by atoms with E-state index in [9.17, 15) is 4.79 Å². The average Bonchev–Trinajstić information content (AvgIpc) is 2.91. The third kappa shape index (κ3) is 2.58. The van der Waals surface area contributed by atoms with Crippen molar-refractivity contribution in [3.8, 4) is 0 Å². The first kappa shape index (κ1) is 13.2. The van der Waals surface area contributed by atoms with Crippen molar-refractivity contribution < 1.29 is 4.79 Å². The lowest BCUT2D eigenvalue weighted by atomic mass is 9.92. The highest BCUT2D eigenvalue weighted by molar-refractivity contribution is 5.98. The highest BCUT2D eigenvalue weighted by Crippen LogP contribution is 2.23. The molecule has 0 unspecified atom stereocenters. The van der Waals surface area contributed by atoms with Crippen LogP contribution in [0.25, 0.3) is 10.9 Å². The van der Waals surface area contributed by atoms with Crippen LogP contribution < -0.4 is 0 Å². The number of carbonyl (C=O) groups excluding carboxylic acids is 1. The van der Waals surface area contributed by atoms with E-state index in [2.05, 4.69) is 11.9 Å². The van der Waals surface area contributed by atoms with Crippen molar-refractivity contribution in [1.82, 2.24) is 9.88 Å². The largest absolute Gasteiger partial charge is 0.351 e. The summed E-state index contributed by atoms with van der Waals surface area (Å²) in [6, 6.07) is 10.0. The molecular formula is C17H22N2O. The molecule has 1 fully saturated rings. The second-order valence-electron chi connectivity index (χ2n) is 5.79. The summed E-state index contributed by atoms with van der Waals surface area (Å²) in [5.74, 6) is 0.961. The summed E-state index contributed by atoms with van der Waals surface area (Å²) in [6.07, 6.45) is 4.86. The van der Waals surface area contributed by atoms with E-state index in [0.717, 1.165) is 48.4 Å². The molecule has 1 aliphatic rings. The second kappa shape index (κ2) is 5.70.